The quantitative estimate of drug-likeness (QED) is 0.850. The normalized spacial score (nSPS) is 19.6. The van der Waals surface area contributed by atoms with Crippen molar-refractivity contribution in [3.63, 3.8) is 0 Å². The Morgan fingerprint density at radius 1 is 1.25 bits per heavy atom. The maximum absolute atomic E-state index is 12.8. The molecule has 1 atom stereocenters. The summed E-state index contributed by atoms with van der Waals surface area (Å²) in [6.45, 7) is 4.08. The van der Waals surface area contributed by atoms with Crippen LogP contribution in [0.15, 0.2) is 24.3 Å². The van der Waals surface area contributed by atoms with Gasteiger partial charge in [0.25, 0.3) is 0 Å². The molecule has 1 unspecified atom stereocenters. The Bertz CT molecular complexity index is 319. The van der Waals surface area contributed by atoms with Crippen LogP contribution in [0.2, 0.25) is 0 Å². The summed E-state index contributed by atoms with van der Waals surface area (Å²) in [6.07, 6.45) is 2.50. The maximum Gasteiger partial charge on any atom is 0.123 e. The van der Waals surface area contributed by atoms with Gasteiger partial charge >= 0.3 is 0 Å². The predicted octanol–water partition coefficient (Wildman–Crippen LogP) is 2.66. The third-order valence-corrected chi connectivity index (χ3v) is 3.02. The van der Waals surface area contributed by atoms with Crippen LogP contribution < -0.4 is 5.32 Å². The van der Waals surface area contributed by atoms with Crippen molar-refractivity contribution in [3.05, 3.63) is 35.6 Å². The second-order valence-electron chi connectivity index (χ2n) is 4.28. The van der Waals surface area contributed by atoms with Gasteiger partial charge in [-0.3, -0.25) is 0 Å². The van der Waals surface area contributed by atoms with Gasteiger partial charge in [-0.05, 0) is 50.6 Å². The molecule has 1 heterocycles. The largest absolute Gasteiger partial charge is 0.370 e. The van der Waals surface area contributed by atoms with E-state index in [9.17, 15) is 4.39 Å². The number of hydrogen-bond donors (Lipinski definition) is 1. The second kappa shape index (κ2) is 5.41. The van der Waals surface area contributed by atoms with E-state index in [0.29, 0.717) is 6.10 Å². The van der Waals surface area contributed by atoms with Gasteiger partial charge in [-0.15, -0.1) is 0 Å². The summed E-state index contributed by atoms with van der Waals surface area (Å²) < 4.78 is 18.7. The summed E-state index contributed by atoms with van der Waals surface area (Å²) in [5.74, 6) is -0.196. The Morgan fingerprint density at radius 3 is 2.50 bits per heavy atom. The Morgan fingerprint density at radius 2 is 1.88 bits per heavy atom. The molecule has 0 radical (unpaired) electrons. The molecule has 1 aromatic carbocycles. The number of piperidine rings is 1. The SMILES string of the molecule is CC(OC1CCNCC1)c1ccc(F)cc1. The van der Waals surface area contributed by atoms with Crippen LogP contribution in [-0.2, 0) is 4.74 Å². The standard InChI is InChI=1S/C13H18FNO/c1-10(11-2-4-12(14)5-3-11)16-13-6-8-15-9-7-13/h2-5,10,13,15H,6-9H2,1H3. The van der Waals surface area contributed by atoms with Gasteiger partial charge in [-0.2, -0.15) is 0 Å². The molecule has 0 amide bonds. The molecule has 1 N–H and O–H groups in total. The van der Waals surface area contributed by atoms with Crippen LogP contribution in [-0.4, -0.2) is 19.2 Å². The zero-order chi connectivity index (χ0) is 11.4. The number of nitrogens with one attached hydrogen (secondary N) is 1. The Balaban J connectivity index is 1.91. The second-order valence-corrected chi connectivity index (χ2v) is 4.28. The smallest absolute Gasteiger partial charge is 0.123 e. The van der Waals surface area contributed by atoms with Gasteiger partial charge < -0.3 is 10.1 Å². The minimum absolute atomic E-state index is 0.0451. The lowest BCUT2D eigenvalue weighted by atomic mass is 10.1. The summed E-state index contributed by atoms with van der Waals surface area (Å²) >= 11 is 0. The van der Waals surface area contributed by atoms with Crippen molar-refractivity contribution >= 4 is 0 Å². The third-order valence-electron chi connectivity index (χ3n) is 3.02. The van der Waals surface area contributed by atoms with E-state index in [0.717, 1.165) is 31.5 Å². The lowest BCUT2D eigenvalue weighted by molar-refractivity contribution is -0.0186. The van der Waals surface area contributed by atoms with E-state index in [2.05, 4.69) is 5.32 Å². The van der Waals surface area contributed by atoms with Gasteiger partial charge in [-0.25, -0.2) is 4.39 Å². The van der Waals surface area contributed by atoms with Crippen LogP contribution in [0.4, 0.5) is 4.39 Å². The van der Waals surface area contributed by atoms with Gasteiger partial charge in [-0.1, -0.05) is 12.1 Å². The molecular weight excluding hydrogens is 205 g/mol. The van der Waals surface area contributed by atoms with Gasteiger partial charge in [0.15, 0.2) is 0 Å². The van der Waals surface area contributed by atoms with Crippen molar-refractivity contribution in [1.82, 2.24) is 5.32 Å². The molecule has 0 bridgehead atoms. The summed E-state index contributed by atoms with van der Waals surface area (Å²) in [7, 11) is 0. The van der Waals surface area contributed by atoms with Crippen LogP contribution in [0.3, 0.4) is 0 Å². The van der Waals surface area contributed by atoms with Crippen LogP contribution in [0.25, 0.3) is 0 Å². The highest BCUT2D eigenvalue weighted by molar-refractivity contribution is 5.18. The number of rotatable bonds is 3. The molecule has 1 aromatic rings. The van der Waals surface area contributed by atoms with Crippen molar-refractivity contribution in [1.29, 1.82) is 0 Å². The van der Waals surface area contributed by atoms with Gasteiger partial charge in [0.1, 0.15) is 5.82 Å². The summed E-state index contributed by atoms with van der Waals surface area (Å²) in [5.41, 5.74) is 1.04. The van der Waals surface area contributed by atoms with Crippen LogP contribution >= 0.6 is 0 Å². The minimum atomic E-state index is -0.196. The topological polar surface area (TPSA) is 21.3 Å². The fraction of sp³-hybridized carbons (Fsp3) is 0.538. The van der Waals surface area contributed by atoms with Gasteiger partial charge in [0.2, 0.25) is 0 Å². The molecule has 1 fully saturated rings. The molecule has 0 aliphatic carbocycles. The van der Waals surface area contributed by atoms with Crippen molar-refractivity contribution in [2.75, 3.05) is 13.1 Å². The van der Waals surface area contributed by atoms with Crippen molar-refractivity contribution in [2.24, 2.45) is 0 Å². The molecule has 88 valence electrons. The molecule has 2 nitrogen and oxygen atoms in total. The molecule has 1 aliphatic rings. The molecular formula is C13H18FNO. The van der Waals surface area contributed by atoms with E-state index in [1.54, 1.807) is 12.1 Å². The molecule has 1 saturated heterocycles. The van der Waals surface area contributed by atoms with Gasteiger partial charge in [0.05, 0.1) is 12.2 Å². The highest BCUT2D eigenvalue weighted by Crippen LogP contribution is 2.21. The zero-order valence-corrected chi connectivity index (χ0v) is 9.58. The zero-order valence-electron chi connectivity index (χ0n) is 9.58. The lowest BCUT2D eigenvalue weighted by Crippen LogP contribution is -2.32. The van der Waals surface area contributed by atoms with E-state index < -0.39 is 0 Å². The molecule has 16 heavy (non-hydrogen) atoms. The highest BCUT2D eigenvalue weighted by atomic mass is 19.1. The number of hydrogen-bond acceptors (Lipinski definition) is 2. The van der Waals surface area contributed by atoms with E-state index in [-0.39, 0.29) is 11.9 Å². The average molecular weight is 223 g/mol. The fourth-order valence-corrected chi connectivity index (χ4v) is 2.03. The summed E-state index contributed by atoms with van der Waals surface area (Å²) in [6, 6.07) is 6.55. The third kappa shape index (κ3) is 3.03. The van der Waals surface area contributed by atoms with Crippen molar-refractivity contribution in [2.45, 2.75) is 32.0 Å². The Labute approximate surface area is 95.8 Å². The fourth-order valence-electron chi connectivity index (χ4n) is 2.03. The summed E-state index contributed by atoms with van der Waals surface area (Å²) in [5, 5.41) is 3.31. The predicted molar refractivity (Wildman–Crippen MR) is 61.8 cm³/mol. The average Bonchev–Trinajstić information content (AvgIpc) is 2.31. The first-order valence-electron chi connectivity index (χ1n) is 5.87. The lowest BCUT2D eigenvalue weighted by Gasteiger charge is -2.26. The molecule has 3 heteroatoms. The minimum Gasteiger partial charge on any atom is -0.370 e. The molecule has 0 spiro atoms. The van der Waals surface area contributed by atoms with Crippen molar-refractivity contribution in [3.8, 4) is 0 Å². The molecule has 0 saturated carbocycles. The maximum atomic E-state index is 12.8. The molecule has 2 rings (SSSR count). The first kappa shape index (κ1) is 11.6. The Kier molecular flexibility index (Phi) is 3.91. The Hall–Kier alpha value is -0.930. The van der Waals surface area contributed by atoms with Crippen LogP contribution in [0, 0.1) is 5.82 Å². The molecule has 1 aliphatic heterocycles. The number of benzene rings is 1. The first-order chi connectivity index (χ1) is 7.75. The number of halogens is 1. The summed E-state index contributed by atoms with van der Waals surface area (Å²) in [4.78, 5) is 0. The van der Waals surface area contributed by atoms with E-state index in [1.165, 1.54) is 12.1 Å². The van der Waals surface area contributed by atoms with Crippen LogP contribution in [0.1, 0.15) is 31.4 Å². The van der Waals surface area contributed by atoms with E-state index >= 15 is 0 Å². The first-order valence-corrected chi connectivity index (χ1v) is 5.87. The van der Waals surface area contributed by atoms with E-state index in [4.69, 9.17) is 4.74 Å². The molecule has 0 aromatic heterocycles. The monoisotopic (exact) mass is 223 g/mol. The van der Waals surface area contributed by atoms with E-state index in [1.807, 2.05) is 6.92 Å². The van der Waals surface area contributed by atoms with Crippen LogP contribution in [0.5, 0.6) is 0 Å². The van der Waals surface area contributed by atoms with Crippen molar-refractivity contribution < 1.29 is 9.13 Å². The highest BCUT2D eigenvalue weighted by Gasteiger charge is 2.17. The number of ether oxygens (including phenoxy) is 1. The van der Waals surface area contributed by atoms with Gasteiger partial charge in [0, 0.05) is 0 Å².